The van der Waals surface area contributed by atoms with Crippen molar-refractivity contribution >= 4 is 11.9 Å². The van der Waals surface area contributed by atoms with E-state index in [2.05, 4.69) is 5.32 Å². The zero-order valence-corrected chi connectivity index (χ0v) is 10.6. The second-order valence-electron chi connectivity index (χ2n) is 4.94. The molecule has 2 rings (SSSR count). The molecule has 1 amide bonds. The van der Waals surface area contributed by atoms with Crippen LogP contribution in [0.5, 0.6) is 0 Å². The molecule has 0 heterocycles. The first kappa shape index (κ1) is 13.5. The summed E-state index contributed by atoms with van der Waals surface area (Å²) in [6.45, 7) is 0. The number of carbonyl (C=O) groups is 2. The average molecular weight is 262 g/mol. The van der Waals surface area contributed by atoms with Gasteiger partial charge < -0.3 is 16.2 Å². The third-order valence-corrected chi connectivity index (χ3v) is 3.57. The van der Waals surface area contributed by atoms with Crippen LogP contribution in [0.2, 0.25) is 0 Å². The van der Waals surface area contributed by atoms with E-state index in [1.165, 1.54) is 0 Å². The molecule has 3 atom stereocenters. The quantitative estimate of drug-likeness (QED) is 0.756. The van der Waals surface area contributed by atoms with E-state index in [0.29, 0.717) is 19.3 Å². The van der Waals surface area contributed by atoms with Crippen LogP contribution in [-0.4, -0.2) is 23.0 Å². The molecule has 1 saturated carbocycles. The molecular formula is C14H18N2O3. The topological polar surface area (TPSA) is 92.4 Å². The maximum Gasteiger partial charge on any atom is 0.306 e. The summed E-state index contributed by atoms with van der Waals surface area (Å²) in [4.78, 5) is 22.8. The van der Waals surface area contributed by atoms with Crippen molar-refractivity contribution in [3.8, 4) is 0 Å². The molecule has 4 N–H and O–H groups in total. The zero-order chi connectivity index (χ0) is 13.8. The molecule has 102 valence electrons. The van der Waals surface area contributed by atoms with Crippen molar-refractivity contribution in [3.05, 3.63) is 35.9 Å². The minimum absolute atomic E-state index is 0.0802. The molecule has 1 aliphatic rings. The van der Waals surface area contributed by atoms with Crippen LogP contribution in [0.1, 0.15) is 30.9 Å². The van der Waals surface area contributed by atoms with E-state index in [1.807, 2.05) is 18.2 Å². The SMILES string of the molecule is N[C@H](C(=O)N[C@H]1CC[C@@H](C(=O)O)C1)c1ccccc1. The molecular weight excluding hydrogens is 244 g/mol. The molecule has 1 aromatic rings. The number of amides is 1. The van der Waals surface area contributed by atoms with Crippen LogP contribution in [0.25, 0.3) is 0 Å². The van der Waals surface area contributed by atoms with Gasteiger partial charge in [-0.15, -0.1) is 0 Å². The Kier molecular flexibility index (Phi) is 4.16. The molecule has 0 aliphatic heterocycles. The van der Waals surface area contributed by atoms with Crippen molar-refractivity contribution < 1.29 is 14.7 Å². The maximum absolute atomic E-state index is 12.0. The van der Waals surface area contributed by atoms with Gasteiger partial charge in [0.25, 0.3) is 0 Å². The summed E-state index contributed by atoms with van der Waals surface area (Å²) < 4.78 is 0. The molecule has 0 unspecified atom stereocenters. The van der Waals surface area contributed by atoms with E-state index in [-0.39, 0.29) is 17.9 Å². The summed E-state index contributed by atoms with van der Waals surface area (Å²) in [5.41, 5.74) is 6.64. The highest BCUT2D eigenvalue weighted by Gasteiger charge is 2.31. The molecule has 1 fully saturated rings. The molecule has 5 heteroatoms. The lowest BCUT2D eigenvalue weighted by molar-refractivity contribution is -0.141. The summed E-state index contributed by atoms with van der Waals surface area (Å²) >= 11 is 0. The summed E-state index contributed by atoms with van der Waals surface area (Å²) in [5.74, 6) is -1.38. The van der Waals surface area contributed by atoms with Gasteiger partial charge in [-0.2, -0.15) is 0 Å². The number of nitrogens with two attached hydrogens (primary N) is 1. The Morgan fingerprint density at radius 3 is 2.53 bits per heavy atom. The van der Waals surface area contributed by atoms with Crippen LogP contribution in [-0.2, 0) is 9.59 Å². The van der Waals surface area contributed by atoms with Crippen LogP contribution in [0, 0.1) is 5.92 Å². The van der Waals surface area contributed by atoms with Crippen molar-refractivity contribution in [1.82, 2.24) is 5.32 Å². The molecule has 1 aliphatic carbocycles. The Labute approximate surface area is 111 Å². The lowest BCUT2D eigenvalue weighted by Crippen LogP contribution is -2.39. The minimum Gasteiger partial charge on any atom is -0.481 e. The van der Waals surface area contributed by atoms with Crippen molar-refractivity contribution in [1.29, 1.82) is 0 Å². The highest BCUT2D eigenvalue weighted by Crippen LogP contribution is 2.26. The summed E-state index contributed by atoms with van der Waals surface area (Å²) in [5, 5.41) is 11.7. The van der Waals surface area contributed by atoms with Gasteiger partial charge in [-0.05, 0) is 24.8 Å². The number of hydrogen-bond acceptors (Lipinski definition) is 3. The minimum atomic E-state index is -0.788. The largest absolute Gasteiger partial charge is 0.481 e. The van der Waals surface area contributed by atoms with E-state index >= 15 is 0 Å². The molecule has 0 aromatic heterocycles. The van der Waals surface area contributed by atoms with Gasteiger partial charge in [-0.25, -0.2) is 0 Å². The Hall–Kier alpha value is -1.88. The lowest BCUT2D eigenvalue weighted by atomic mass is 10.1. The highest BCUT2D eigenvalue weighted by molar-refractivity contribution is 5.83. The number of carbonyl (C=O) groups excluding carboxylic acids is 1. The molecule has 0 spiro atoms. The number of nitrogens with one attached hydrogen (secondary N) is 1. The Morgan fingerprint density at radius 1 is 1.26 bits per heavy atom. The number of benzene rings is 1. The van der Waals surface area contributed by atoms with Crippen molar-refractivity contribution in [2.45, 2.75) is 31.3 Å². The first-order chi connectivity index (χ1) is 9.08. The fourth-order valence-electron chi connectivity index (χ4n) is 2.44. The van der Waals surface area contributed by atoms with E-state index in [4.69, 9.17) is 10.8 Å². The molecule has 0 saturated heterocycles. The van der Waals surface area contributed by atoms with Gasteiger partial charge in [0.2, 0.25) is 5.91 Å². The molecule has 19 heavy (non-hydrogen) atoms. The second-order valence-corrected chi connectivity index (χ2v) is 4.94. The summed E-state index contributed by atoms with van der Waals surface area (Å²) in [7, 11) is 0. The second kappa shape index (κ2) is 5.84. The molecule has 0 bridgehead atoms. The van der Waals surface area contributed by atoms with E-state index in [9.17, 15) is 9.59 Å². The Balaban J connectivity index is 1.90. The van der Waals surface area contributed by atoms with Crippen LogP contribution in [0.15, 0.2) is 30.3 Å². The van der Waals surface area contributed by atoms with Gasteiger partial charge in [-0.1, -0.05) is 30.3 Å². The third-order valence-electron chi connectivity index (χ3n) is 3.57. The van der Waals surface area contributed by atoms with Crippen LogP contribution in [0.3, 0.4) is 0 Å². The van der Waals surface area contributed by atoms with Gasteiger partial charge in [0.05, 0.1) is 5.92 Å². The number of aliphatic carboxylic acids is 1. The summed E-state index contributed by atoms with van der Waals surface area (Å²) in [6.07, 6.45) is 1.80. The van der Waals surface area contributed by atoms with E-state index < -0.39 is 12.0 Å². The van der Waals surface area contributed by atoms with E-state index in [1.54, 1.807) is 12.1 Å². The third kappa shape index (κ3) is 3.32. The summed E-state index contributed by atoms with van der Waals surface area (Å²) in [6, 6.07) is 8.35. The van der Waals surface area contributed by atoms with Gasteiger partial charge >= 0.3 is 5.97 Å². The molecule has 1 aromatic carbocycles. The Bertz CT molecular complexity index is 461. The molecule has 5 nitrogen and oxygen atoms in total. The lowest BCUT2D eigenvalue weighted by Gasteiger charge is -2.17. The van der Waals surface area contributed by atoms with Crippen LogP contribution in [0.4, 0.5) is 0 Å². The fraction of sp³-hybridized carbons (Fsp3) is 0.429. The van der Waals surface area contributed by atoms with Gasteiger partial charge in [0.1, 0.15) is 6.04 Å². The zero-order valence-electron chi connectivity index (χ0n) is 10.6. The Morgan fingerprint density at radius 2 is 1.95 bits per heavy atom. The normalized spacial score (nSPS) is 23.8. The first-order valence-corrected chi connectivity index (χ1v) is 6.41. The maximum atomic E-state index is 12.0. The standard InChI is InChI=1S/C14H18N2O3/c15-12(9-4-2-1-3-5-9)13(17)16-11-7-6-10(8-11)14(18)19/h1-5,10-12H,6-8,15H2,(H,16,17)(H,18,19)/t10-,11+,12+/m1/s1. The average Bonchev–Trinajstić information content (AvgIpc) is 2.87. The molecule has 0 radical (unpaired) electrons. The van der Waals surface area contributed by atoms with Crippen molar-refractivity contribution in [2.75, 3.05) is 0 Å². The van der Waals surface area contributed by atoms with Gasteiger partial charge in [-0.3, -0.25) is 9.59 Å². The number of rotatable bonds is 4. The predicted molar refractivity (Wildman–Crippen MR) is 70.3 cm³/mol. The van der Waals surface area contributed by atoms with Crippen molar-refractivity contribution in [3.63, 3.8) is 0 Å². The van der Waals surface area contributed by atoms with Crippen LogP contribution < -0.4 is 11.1 Å². The number of hydrogen-bond donors (Lipinski definition) is 3. The van der Waals surface area contributed by atoms with Gasteiger partial charge in [0.15, 0.2) is 0 Å². The first-order valence-electron chi connectivity index (χ1n) is 6.41. The predicted octanol–water partition coefficient (Wildman–Crippen LogP) is 1.06. The van der Waals surface area contributed by atoms with Crippen LogP contribution >= 0.6 is 0 Å². The number of carboxylic acids is 1. The monoisotopic (exact) mass is 262 g/mol. The smallest absolute Gasteiger partial charge is 0.306 e. The highest BCUT2D eigenvalue weighted by atomic mass is 16.4. The van der Waals surface area contributed by atoms with Gasteiger partial charge in [0, 0.05) is 6.04 Å². The van der Waals surface area contributed by atoms with Crippen molar-refractivity contribution in [2.24, 2.45) is 11.7 Å². The van der Waals surface area contributed by atoms with E-state index in [0.717, 1.165) is 5.56 Å². The number of carboxylic acid groups (broad SMARTS) is 1. The fourth-order valence-corrected chi connectivity index (χ4v) is 2.44.